The third-order valence-corrected chi connectivity index (χ3v) is 3.03. The van der Waals surface area contributed by atoms with Crippen molar-refractivity contribution >= 4 is 10.9 Å². The molecule has 0 saturated carbocycles. The van der Waals surface area contributed by atoms with Crippen molar-refractivity contribution in [2.24, 2.45) is 5.73 Å². The molecule has 0 amide bonds. The van der Waals surface area contributed by atoms with Crippen LogP contribution in [-0.4, -0.2) is 17.1 Å². The lowest BCUT2D eigenvalue weighted by Gasteiger charge is -2.17. The van der Waals surface area contributed by atoms with Crippen molar-refractivity contribution in [3.8, 4) is 0 Å². The van der Waals surface area contributed by atoms with Crippen molar-refractivity contribution in [1.82, 2.24) is 4.98 Å². The van der Waals surface area contributed by atoms with Gasteiger partial charge in [0.05, 0.1) is 0 Å². The summed E-state index contributed by atoms with van der Waals surface area (Å²) in [7, 11) is 0. The molecule has 2 aromatic rings. The van der Waals surface area contributed by atoms with E-state index in [0.29, 0.717) is 6.54 Å². The van der Waals surface area contributed by atoms with Gasteiger partial charge in [-0.25, -0.2) is 6.57 Å². The van der Waals surface area contributed by atoms with Gasteiger partial charge in [-0.15, -0.1) is 0 Å². The van der Waals surface area contributed by atoms with E-state index in [9.17, 15) is 0 Å². The lowest BCUT2D eigenvalue weighted by atomic mass is 9.95. The van der Waals surface area contributed by atoms with Gasteiger partial charge in [0, 0.05) is 29.1 Å². The number of fused-ring (bicyclic) bond motifs is 1. The predicted molar refractivity (Wildman–Crippen MR) is 75.4 cm³/mol. The van der Waals surface area contributed by atoms with Crippen LogP contribution in [0.25, 0.3) is 15.7 Å². The van der Waals surface area contributed by atoms with Crippen LogP contribution in [0.5, 0.6) is 0 Å². The van der Waals surface area contributed by atoms with Gasteiger partial charge in [-0.1, -0.05) is 18.2 Å². The largest absolute Gasteiger partial charge is 0.361 e. The highest BCUT2D eigenvalue weighted by Gasteiger charge is 2.15. The van der Waals surface area contributed by atoms with E-state index in [1.54, 1.807) is 0 Å². The summed E-state index contributed by atoms with van der Waals surface area (Å²) in [5.74, 6) is 0. The highest BCUT2D eigenvalue weighted by atomic mass is 14.7. The summed E-state index contributed by atoms with van der Waals surface area (Å²) in [5.41, 5.74) is 9.49. The first-order valence-electron chi connectivity index (χ1n) is 6.21. The molecule has 1 heterocycles. The molecule has 0 saturated heterocycles. The molecule has 0 aliphatic carbocycles. The zero-order valence-electron chi connectivity index (χ0n) is 11.0. The molecular weight excluding hydrogens is 222 g/mol. The summed E-state index contributed by atoms with van der Waals surface area (Å²) < 4.78 is 0. The molecular formula is C15H19N3. The maximum Gasteiger partial charge on any atom is 0.218 e. The highest BCUT2D eigenvalue weighted by molar-refractivity contribution is 5.86. The molecule has 2 rings (SSSR count). The number of aromatic amines is 1. The van der Waals surface area contributed by atoms with Gasteiger partial charge in [0.1, 0.15) is 0 Å². The molecule has 18 heavy (non-hydrogen) atoms. The van der Waals surface area contributed by atoms with Crippen molar-refractivity contribution in [2.45, 2.75) is 32.2 Å². The van der Waals surface area contributed by atoms with Crippen molar-refractivity contribution in [1.29, 1.82) is 0 Å². The topological polar surface area (TPSA) is 46.2 Å². The molecule has 0 aliphatic rings. The SMILES string of the molecule is [C-]#[N+]CCc1cccc2c(CC(C)(C)N)c[nH]c12. The first-order chi connectivity index (χ1) is 8.51. The van der Waals surface area contributed by atoms with Gasteiger partial charge >= 0.3 is 0 Å². The van der Waals surface area contributed by atoms with E-state index in [0.717, 1.165) is 18.4 Å². The highest BCUT2D eigenvalue weighted by Crippen LogP contribution is 2.24. The van der Waals surface area contributed by atoms with Crippen LogP contribution < -0.4 is 5.73 Å². The van der Waals surface area contributed by atoms with Gasteiger partial charge in [0.2, 0.25) is 6.54 Å². The summed E-state index contributed by atoms with van der Waals surface area (Å²) in [6.45, 7) is 11.5. The fourth-order valence-electron chi connectivity index (χ4n) is 2.30. The minimum Gasteiger partial charge on any atom is -0.361 e. The molecule has 3 nitrogen and oxygen atoms in total. The second-order valence-electron chi connectivity index (χ2n) is 5.45. The fraction of sp³-hybridized carbons (Fsp3) is 0.400. The Labute approximate surface area is 108 Å². The number of para-hydroxylation sites is 1. The Morgan fingerprint density at radius 1 is 1.33 bits per heavy atom. The smallest absolute Gasteiger partial charge is 0.218 e. The van der Waals surface area contributed by atoms with E-state index in [-0.39, 0.29) is 5.54 Å². The molecule has 0 atom stereocenters. The summed E-state index contributed by atoms with van der Waals surface area (Å²) >= 11 is 0. The Balaban J connectivity index is 2.39. The Kier molecular flexibility index (Phi) is 3.40. The van der Waals surface area contributed by atoms with Crippen molar-refractivity contribution < 1.29 is 0 Å². The van der Waals surface area contributed by atoms with Gasteiger partial charge in [-0.3, -0.25) is 0 Å². The molecule has 1 aromatic heterocycles. The van der Waals surface area contributed by atoms with Gasteiger partial charge in [-0.2, -0.15) is 0 Å². The molecule has 0 radical (unpaired) electrons. The Morgan fingerprint density at radius 2 is 2.11 bits per heavy atom. The molecule has 0 aliphatic heterocycles. The quantitative estimate of drug-likeness (QED) is 0.794. The first kappa shape index (κ1) is 12.7. The molecule has 0 unspecified atom stereocenters. The van der Waals surface area contributed by atoms with Crippen LogP contribution in [0.3, 0.4) is 0 Å². The summed E-state index contributed by atoms with van der Waals surface area (Å²) in [6.07, 6.45) is 3.69. The van der Waals surface area contributed by atoms with Crippen LogP contribution in [0, 0.1) is 6.57 Å². The Bertz CT molecular complexity index is 582. The third-order valence-electron chi connectivity index (χ3n) is 3.03. The number of nitrogens with two attached hydrogens (primary N) is 1. The molecule has 3 N–H and O–H groups in total. The number of aromatic nitrogens is 1. The van der Waals surface area contributed by atoms with Crippen LogP contribution in [0.1, 0.15) is 25.0 Å². The maximum atomic E-state index is 6.88. The number of nitrogens with zero attached hydrogens (tertiary/aromatic N) is 1. The van der Waals surface area contributed by atoms with Gasteiger partial charge in [0.15, 0.2) is 0 Å². The molecule has 0 spiro atoms. The fourth-order valence-corrected chi connectivity index (χ4v) is 2.30. The van der Waals surface area contributed by atoms with Gasteiger partial charge in [-0.05, 0) is 31.4 Å². The Morgan fingerprint density at radius 3 is 2.78 bits per heavy atom. The minimum absolute atomic E-state index is 0.207. The second kappa shape index (κ2) is 4.83. The normalized spacial score (nSPS) is 11.7. The molecule has 0 fully saturated rings. The lowest BCUT2D eigenvalue weighted by Crippen LogP contribution is -2.34. The van der Waals surface area contributed by atoms with Crippen LogP contribution in [-0.2, 0) is 12.8 Å². The number of hydrogen-bond acceptors (Lipinski definition) is 1. The monoisotopic (exact) mass is 241 g/mol. The van der Waals surface area contributed by atoms with Gasteiger partial charge < -0.3 is 15.6 Å². The molecule has 0 bridgehead atoms. The molecule has 1 aromatic carbocycles. The number of benzene rings is 1. The van der Waals surface area contributed by atoms with E-state index in [1.807, 2.05) is 20.0 Å². The van der Waals surface area contributed by atoms with Crippen LogP contribution in [0.4, 0.5) is 0 Å². The van der Waals surface area contributed by atoms with Crippen molar-refractivity contribution in [3.05, 3.63) is 46.9 Å². The second-order valence-corrected chi connectivity index (χ2v) is 5.45. The predicted octanol–water partition coefficient (Wildman–Crippen LogP) is 2.91. The molecule has 3 heteroatoms. The average molecular weight is 241 g/mol. The van der Waals surface area contributed by atoms with Gasteiger partial charge in [0.25, 0.3) is 0 Å². The zero-order valence-corrected chi connectivity index (χ0v) is 11.0. The lowest BCUT2D eigenvalue weighted by molar-refractivity contribution is 0.518. The summed E-state index contributed by atoms with van der Waals surface area (Å²) in [5, 5.41) is 1.23. The number of nitrogens with one attached hydrogen (secondary N) is 1. The standard InChI is InChI=1S/C15H19N3/c1-15(2,16)9-12-10-18-14-11(7-8-17-3)5-4-6-13(12)14/h4-6,10,18H,7-9,16H2,1-2H3. The van der Waals surface area contributed by atoms with E-state index in [1.165, 1.54) is 16.5 Å². The third kappa shape index (κ3) is 2.72. The van der Waals surface area contributed by atoms with Crippen molar-refractivity contribution in [2.75, 3.05) is 6.54 Å². The summed E-state index contributed by atoms with van der Waals surface area (Å²) in [4.78, 5) is 6.75. The van der Waals surface area contributed by atoms with E-state index >= 15 is 0 Å². The first-order valence-corrected chi connectivity index (χ1v) is 6.21. The van der Waals surface area contributed by atoms with Crippen LogP contribution >= 0.6 is 0 Å². The number of hydrogen-bond donors (Lipinski definition) is 2. The number of rotatable bonds is 4. The Hall–Kier alpha value is -1.79. The number of H-pyrrole nitrogens is 1. The van der Waals surface area contributed by atoms with Crippen LogP contribution in [0.15, 0.2) is 24.4 Å². The van der Waals surface area contributed by atoms with E-state index in [2.05, 4.69) is 28.0 Å². The van der Waals surface area contributed by atoms with Crippen molar-refractivity contribution in [3.63, 3.8) is 0 Å². The summed E-state index contributed by atoms with van der Waals surface area (Å²) in [6, 6.07) is 6.26. The van der Waals surface area contributed by atoms with E-state index < -0.39 is 0 Å². The zero-order chi connectivity index (χ0) is 13.2. The molecule has 94 valence electrons. The van der Waals surface area contributed by atoms with Crippen LogP contribution in [0.2, 0.25) is 0 Å². The minimum atomic E-state index is -0.207. The average Bonchev–Trinajstić information content (AvgIpc) is 2.68. The maximum absolute atomic E-state index is 6.88. The van der Waals surface area contributed by atoms with E-state index in [4.69, 9.17) is 12.3 Å².